The molecule has 0 heterocycles. The molecule has 0 aromatic heterocycles. The highest BCUT2D eigenvalue weighted by molar-refractivity contribution is 6.74. The molecule has 0 aliphatic carbocycles. The molecule has 0 aliphatic rings. The van der Waals surface area contributed by atoms with E-state index in [1.54, 1.807) is 0 Å². The Morgan fingerprint density at radius 1 is 0.652 bits per heavy atom. The van der Waals surface area contributed by atoms with Crippen molar-refractivity contribution in [2.45, 2.75) is 51.9 Å². The van der Waals surface area contributed by atoms with Crippen LogP contribution in [0.15, 0.2) is 60.7 Å². The number of benzene rings is 2. The van der Waals surface area contributed by atoms with Crippen LogP contribution in [0.1, 0.15) is 38.8 Å². The van der Waals surface area contributed by atoms with E-state index in [1.165, 1.54) is 11.1 Å². The van der Waals surface area contributed by atoms with E-state index in [2.05, 4.69) is 98.3 Å². The summed E-state index contributed by atoms with van der Waals surface area (Å²) in [7, 11) is -1.90. The largest absolute Gasteiger partial charge is 0.323 e. The summed E-state index contributed by atoms with van der Waals surface area (Å²) < 4.78 is 0. The van der Waals surface area contributed by atoms with Crippen LogP contribution in [0.2, 0.25) is 0 Å². The first-order valence-corrected chi connectivity index (χ1v) is 11.0. The number of hydrogen-bond acceptors (Lipinski definition) is 2. The molecule has 2 N–H and O–H groups in total. The molecule has 0 unspecified atom stereocenters. The third-order valence-electron chi connectivity index (χ3n) is 3.83. The lowest BCUT2D eigenvalue weighted by molar-refractivity contribution is 0.645. The molecular weight excluding hydrogens is 296 g/mol. The lowest BCUT2D eigenvalue weighted by Gasteiger charge is -2.37. The maximum Gasteiger partial charge on any atom is 0.210 e. The molecule has 0 aliphatic heterocycles. The molecule has 0 bridgehead atoms. The SMILES string of the molecule is CC(C)N[Si](Cc1ccccc1)(Cc1ccccc1)NC(C)C. The summed E-state index contributed by atoms with van der Waals surface area (Å²) >= 11 is 0. The fraction of sp³-hybridized carbons (Fsp3) is 0.400. The van der Waals surface area contributed by atoms with Gasteiger partial charge in [0.25, 0.3) is 0 Å². The monoisotopic (exact) mass is 326 g/mol. The first kappa shape index (κ1) is 17.9. The zero-order valence-electron chi connectivity index (χ0n) is 14.8. The van der Waals surface area contributed by atoms with E-state index in [1.807, 2.05) is 0 Å². The Labute approximate surface area is 142 Å². The van der Waals surface area contributed by atoms with Crippen LogP contribution < -0.4 is 9.96 Å². The highest BCUT2D eigenvalue weighted by atomic mass is 28.3. The summed E-state index contributed by atoms with van der Waals surface area (Å²) in [6, 6.07) is 24.9. The van der Waals surface area contributed by atoms with Crippen LogP contribution in [0.4, 0.5) is 0 Å². The minimum atomic E-state index is -1.90. The standard InChI is InChI=1S/C20H30N2Si/c1-17(2)21-23(22-18(3)4,15-19-11-7-5-8-12-19)16-20-13-9-6-10-14-20/h5-14,17-18,21-22H,15-16H2,1-4H3. The fourth-order valence-corrected chi connectivity index (χ4v) is 7.99. The van der Waals surface area contributed by atoms with Gasteiger partial charge < -0.3 is 9.96 Å². The normalized spacial score (nSPS) is 12.1. The molecule has 0 atom stereocenters. The molecule has 2 nitrogen and oxygen atoms in total. The van der Waals surface area contributed by atoms with E-state index in [-0.39, 0.29) is 0 Å². The lowest BCUT2D eigenvalue weighted by atomic mass is 10.2. The summed E-state index contributed by atoms with van der Waals surface area (Å²) in [5, 5.41) is 0. The molecule has 0 saturated heterocycles. The van der Waals surface area contributed by atoms with Crippen LogP contribution in [0.5, 0.6) is 0 Å². The van der Waals surface area contributed by atoms with Crippen LogP contribution >= 0.6 is 0 Å². The van der Waals surface area contributed by atoms with Gasteiger partial charge in [0, 0.05) is 0 Å². The Hall–Kier alpha value is -1.42. The van der Waals surface area contributed by atoms with E-state index in [9.17, 15) is 0 Å². The van der Waals surface area contributed by atoms with E-state index in [4.69, 9.17) is 0 Å². The maximum atomic E-state index is 3.95. The zero-order chi connectivity index (χ0) is 16.7. The van der Waals surface area contributed by atoms with Gasteiger partial charge in [-0.25, -0.2) is 0 Å². The van der Waals surface area contributed by atoms with Crippen molar-refractivity contribution < 1.29 is 0 Å². The molecular formula is C20H30N2Si. The predicted octanol–water partition coefficient (Wildman–Crippen LogP) is 3.99. The smallest absolute Gasteiger partial charge is 0.210 e. The van der Waals surface area contributed by atoms with Crippen LogP contribution in [0.25, 0.3) is 0 Å². The Kier molecular flexibility index (Phi) is 6.57. The van der Waals surface area contributed by atoms with Crippen LogP contribution in [0, 0.1) is 0 Å². The molecule has 0 fully saturated rings. The fourth-order valence-electron chi connectivity index (χ4n) is 3.30. The van der Waals surface area contributed by atoms with Gasteiger partial charge in [-0.1, -0.05) is 88.4 Å². The highest BCUT2D eigenvalue weighted by Gasteiger charge is 2.35. The predicted molar refractivity (Wildman–Crippen MR) is 103 cm³/mol. The summed E-state index contributed by atoms with van der Waals surface area (Å²) in [6.45, 7) is 9.00. The van der Waals surface area contributed by atoms with Gasteiger partial charge in [0.2, 0.25) is 8.40 Å². The van der Waals surface area contributed by atoms with Crippen molar-refractivity contribution in [2.75, 3.05) is 0 Å². The van der Waals surface area contributed by atoms with Gasteiger partial charge in [-0.15, -0.1) is 0 Å². The number of nitrogens with one attached hydrogen (secondary N) is 2. The molecule has 23 heavy (non-hydrogen) atoms. The molecule has 2 aromatic carbocycles. The third-order valence-corrected chi connectivity index (χ3v) is 8.11. The molecule has 0 amide bonds. The first-order chi connectivity index (χ1) is 11.0. The van der Waals surface area contributed by atoms with Gasteiger partial charge in [-0.2, -0.15) is 0 Å². The molecule has 0 saturated carbocycles. The van der Waals surface area contributed by atoms with E-state index < -0.39 is 8.40 Å². The molecule has 2 aromatic rings. The van der Waals surface area contributed by atoms with Crippen molar-refractivity contribution in [3.8, 4) is 0 Å². The average Bonchev–Trinajstić information content (AvgIpc) is 2.47. The van der Waals surface area contributed by atoms with Crippen molar-refractivity contribution in [2.24, 2.45) is 0 Å². The van der Waals surface area contributed by atoms with Crippen molar-refractivity contribution in [1.82, 2.24) is 9.96 Å². The second-order valence-electron chi connectivity index (χ2n) is 7.00. The van der Waals surface area contributed by atoms with Gasteiger partial charge >= 0.3 is 0 Å². The Balaban J connectivity index is 2.32. The summed E-state index contributed by atoms with van der Waals surface area (Å²) in [5.41, 5.74) is 2.83. The molecule has 124 valence electrons. The van der Waals surface area contributed by atoms with E-state index in [0.29, 0.717) is 12.1 Å². The quantitative estimate of drug-likeness (QED) is 0.717. The van der Waals surface area contributed by atoms with Gasteiger partial charge in [0.15, 0.2) is 0 Å². The summed E-state index contributed by atoms with van der Waals surface area (Å²) in [4.78, 5) is 7.90. The Bertz CT molecular complexity index is 513. The lowest BCUT2D eigenvalue weighted by Crippen LogP contribution is -2.69. The van der Waals surface area contributed by atoms with Crippen molar-refractivity contribution in [3.05, 3.63) is 71.8 Å². The maximum absolute atomic E-state index is 3.95. The summed E-state index contributed by atoms with van der Waals surface area (Å²) in [5.74, 6) is 0. The molecule has 0 spiro atoms. The van der Waals surface area contributed by atoms with Crippen molar-refractivity contribution >= 4 is 8.40 Å². The third kappa shape index (κ3) is 5.94. The van der Waals surface area contributed by atoms with E-state index in [0.717, 1.165) is 12.1 Å². The van der Waals surface area contributed by atoms with Crippen molar-refractivity contribution in [3.63, 3.8) is 0 Å². The van der Waals surface area contributed by atoms with Crippen molar-refractivity contribution in [1.29, 1.82) is 0 Å². The second kappa shape index (κ2) is 8.43. The van der Waals surface area contributed by atoms with Gasteiger partial charge in [0.1, 0.15) is 0 Å². The minimum Gasteiger partial charge on any atom is -0.323 e. The first-order valence-electron chi connectivity index (χ1n) is 8.62. The van der Waals surface area contributed by atoms with E-state index >= 15 is 0 Å². The van der Waals surface area contributed by atoms with Crippen LogP contribution in [-0.4, -0.2) is 20.5 Å². The summed E-state index contributed by atoms with van der Waals surface area (Å²) in [6.07, 6.45) is 0. The average molecular weight is 327 g/mol. The highest BCUT2D eigenvalue weighted by Crippen LogP contribution is 2.15. The van der Waals surface area contributed by atoms with Gasteiger partial charge in [-0.05, 0) is 35.3 Å². The number of hydrogen-bond donors (Lipinski definition) is 2. The van der Waals surface area contributed by atoms with Crippen LogP contribution in [-0.2, 0) is 12.1 Å². The zero-order valence-corrected chi connectivity index (χ0v) is 15.8. The minimum absolute atomic E-state index is 0.473. The second-order valence-corrected chi connectivity index (χ2v) is 10.5. The van der Waals surface area contributed by atoms with Crippen LogP contribution in [0.3, 0.4) is 0 Å². The number of rotatable bonds is 8. The Morgan fingerprint density at radius 2 is 1.00 bits per heavy atom. The van der Waals surface area contributed by atoms with Gasteiger partial charge in [-0.3, -0.25) is 0 Å². The van der Waals surface area contributed by atoms with Gasteiger partial charge in [0.05, 0.1) is 0 Å². The Morgan fingerprint density at radius 3 is 1.30 bits per heavy atom. The molecule has 2 rings (SSSR count). The topological polar surface area (TPSA) is 24.1 Å². The molecule has 0 radical (unpaired) electrons. The molecule has 3 heteroatoms.